The largest absolute Gasteiger partial charge is 0.436 e. The van der Waals surface area contributed by atoms with Crippen LogP contribution in [0.15, 0.2) is 65.1 Å². The normalized spacial score (nSPS) is 11.3. The Kier molecular flexibility index (Phi) is 4.74. The highest BCUT2D eigenvalue weighted by Crippen LogP contribution is 2.36. The third-order valence-electron chi connectivity index (χ3n) is 4.82. The Morgan fingerprint density at radius 1 is 1.07 bits per heavy atom. The van der Waals surface area contributed by atoms with Gasteiger partial charge < -0.3 is 9.73 Å². The summed E-state index contributed by atoms with van der Waals surface area (Å²) in [4.78, 5) is 17.9. The van der Waals surface area contributed by atoms with E-state index in [4.69, 9.17) is 27.6 Å². The fourth-order valence-corrected chi connectivity index (χ4v) is 4.83. The minimum Gasteiger partial charge on any atom is -0.436 e. The third kappa shape index (κ3) is 3.35. The second-order valence-electron chi connectivity index (χ2n) is 6.86. The van der Waals surface area contributed by atoms with Gasteiger partial charge in [-0.25, -0.2) is 4.98 Å². The predicted molar refractivity (Wildman–Crippen MR) is 124 cm³/mol. The monoisotopic (exact) mass is 452 g/mol. The summed E-state index contributed by atoms with van der Waals surface area (Å²) in [5.74, 6) is 0.216. The number of halogens is 2. The van der Waals surface area contributed by atoms with Gasteiger partial charge in [0.15, 0.2) is 5.58 Å². The molecule has 30 heavy (non-hydrogen) atoms. The second kappa shape index (κ2) is 7.43. The van der Waals surface area contributed by atoms with Crippen LogP contribution in [0.1, 0.15) is 15.2 Å². The van der Waals surface area contributed by atoms with Crippen LogP contribution in [0.4, 0.5) is 5.69 Å². The van der Waals surface area contributed by atoms with Gasteiger partial charge in [-0.3, -0.25) is 4.79 Å². The fourth-order valence-electron chi connectivity index (χ4n) is 3.25. The van der Waals surface area contributed by atoms with Gasteiger partial charge in [-0.15, -0.1) is 11.3 Å². The molecule has 0 aliphatic carbocycles. The van der Waals surface area contributed by atoms with E-state index in [1.54, 1.807) is 18.2 Å². The summed E-state index contributed by atoms with van der Waals surface area (Å²) in [7, 11) is 0. The van der Waals surface area contributed by atoms with E-state index >= 15 is 0 Å². The maximum absolute atomic E-state index is 12.9. The molecule has 5 aromatic rings. The van der Waals surface area contributed by atoms with Crippen molar-refractivity contribution in [3.63, 3.8) is 0 Å². The molecule has 0 unspecified atom stereocenters. The predicted octanol–water partition coefficient (Wildman–Crippen LogP) is 7.58. The van der Waals surface area contributed by atoms with Crippen LogP contribution < -0.4 is 5.32 Å². The van der Waals surface area contributed by atoms with Crippen molar-refractivity contribution in [1.82, 2.24) is 4.98 Å². The van der Waals surface area contributed by atoms with Crippen LogP contribution in [0, 0.1) is 6.92 Å². The Labute approximate surface area is 186 Å². The summed E-state index contributed by atoms with van der Waals surface area (Å²) < 4.78 is 6.83. The van der Waals surface area contributed by atoms with Gasteiger partial charge in [0.05, 0.1) is 5.02 Å². The lowest BCUT2D eigenvalue weighted by atomic mass is 10.1. The second-order valence-corrected chi connectivity index (χ2v) is 8.72. The number of nitrogens with zero attached hydrogens (tertiary/aromatic N) is 1. The zero-order valence-corrected chi connectivity index (χ0v) is 18.0. The molecule has 3 aromatic carbocycles. The number of hydrogen-bond donors (Lipinski definition) is 1. The number of carbonyl (C=O) groups excluding carboxylic acids is 1. The molecule has 4 nitrogen and oxygen atoms in total. The van der Waals surface area contributed by atoms with E-state index in [1.165, 1.54) is 11.3 Å². The molecule has 0 atom stereocenters. The van der Waals surface area contributed by atoms with E-state index in [0.717, 1.165) is 21.2 Å². The number of anilines is 1. The molecule has 0 bridgehead atoms. The van der Waals surface area contributed by atoms with Gasteiger partial charge >= 0.3 is 0 Å². The Morgan fingerprint density at radius 3 is 2.73 bits per heavy atom. The molecule has 1 N–H and O–H groups in total. The van der Waals surface area contributed by atoms with Crippen LogP contribution in [-0.2, 0) is 0 Å². The number of carbonyl (C=O) groups is 1. The van der Waals surface area contributed by atoms with Crippen molar-refractivity contribution in [3.8, 4) is 11.5 Å². The SMILES string of the molecule is Cc1ccc(-c2nc3cc(Cl)ccc3o2)cc1NC(=O)c1sc2ccccc2c1Cl. The van der Waals surface area contributed by atoms with Gasteiger partial charge in [-0.1, -0.05) is 47.5 Å². The summed E-state index contributed by atoms with van der Waals surface area (Å²) in [5, 5.41) is 4.92. The van der Waals surface area contributed by atoms with Gasteiger partial charge in [0.1, 0.15) is 10.4 Å². The smallest absolute Gasteiger partial charge is 0.267 e. The Balaban J connectivity index is 1.49. The molecule has 2 heterocycles. The number of rotatable bonds is 3. The molecule has 0 saturated carbocycles. The number of thiophene rings is 1. The standard InChI is InChI=1S/C23H14Cl2N2O2S/c1-12-6-7-13(23-27-17-11-14(24)8-9-18(17)29-23)10-16(12)26-22(28)21-20(25)15-4-2-3-5-19(15)30-21/h2-11H,1H3,(H,26,28). The first-order valence-electron chi connectivity index (χ1n) is 9.15. The van der Waals surface area contributed by atoms with Crippen molar-refractivity contribution in [3.05, 3.63) is 81.1 Å². The number of amides is 1. The summed E-state index contributed by atoms with van der Waals surface area (Å²) in [6, 6.07) is 18.7. The quantitative estimate of drug-likeness (QED) is 0.306. The Morgan fingerprint density at radius 2 is 1.90 bits per heavy atom. The first kappa shape index (κ1) is 19.1. The van der Waals surface area contributed by atoms with Crippen LogP contribution in [0.3, 0.4) is 0 Å². The molecule has 0 radical (unpaired) electrons. The number of aryl methyl sites for hydroxylation is 1. The number of fused-ring (bicyclic) bond motifs is 2. The molecule has 0 fully saturated rings. The van der Waals surface area contributed by atoms with Crippen molar-refractivity contribution >= 4 is 67.3 Å². The number of benzene rings is 3. The zero-order valence-electron chi connectivity index (χ0n) is 15.7. The molecule has 5 rings (SSSR count). The number of hydrogen-bond acceptors (Lipinski definition) is 4. The van der Waals surface area contributed by atoms with E-state index in [0.29, 0.717) is 37.6 Å². The Hall–Kier alpha value is -2.86. The van der Waals surface area contributed by atoms with Crippen LogP contribution in [0.25, 0.3) is 32.6 Å². The zero-order chi connectivity index (χ0) is 20.8. The van der Waals surface area contributed by atoms with Gasteiger partial charge in [-0.2, -0.15) is 0 Å². The van der Waals surface area contributed by atoms with E-state index in [-0.39, 0.29) is 5.91 Å². The number of nitrogens with one attached hydrogen (secondary N) is 1. The molecule has 2 aromatic heterocycles. The molecule has 0 aliphatic heterocycles. The minimum absolute atomic E-state index is 0.245. The molecule has 0 spiro atoms. The van der Waals surface area contributed by atoms with Crippen LogP contribution in [-0.4, -0.2) is 10.9 Å². The lowest BCUT2D eigenvalue weighted by Gasteiger charge is -2.09. The van der Waals surface area contributed by atoms with E-state index in [2.05, 4.69) is 10.3 Å². The van der Waals surface area contributed by atoms with Gasteiger partial charge in [-0.05, 0) is 48.9 Å². The topological polar surface area (TPSA) is 55.1 Å². The van der Waals surface area contributed by atoms with Gasteiger partial charge in [0, 0.05) is 26.4 Å². The van der Waals surface area contributed by atoms with Crippen LogP contribution in [0.5, 0.6) is 0 Å². The van der Waals surface area contributed by atoms with E-state index < -0.39 is 0 Å². The third-order valence-corrected chi connectivity index (χ3v) is 6.73. The molecule has 7 heteroatoms. The highest BCUT2D eigenvalue weighted by atomic mass is 35.5. The summed E-state index contributed by atoms with van der Waals surface area (Å²) >= 11 is 13.9. The number of oxazole rings is 1. The highest BCUT2D eigenvalue weighted by molar-refractivity contribution is 7.21. The maximum Gasteiger partial charge on any atom is 0.267 e. The first-order chi connectivity index (χ1) is 14.5. The van der Waals surface area contributed by atoms with Gasteiger partial charge in [0.2, 0.25) is 5.89 Å². The first-order valence-corrected chi connectivity index (χ1v) is 10.7. The highest BCUT2D eigenvalue weighted by Gasteiger charge is 2.18. The van der Waals surface area contributed by atoms with Crippen molar-refractivity contribution in [1.29, 1.82) is 0 Å². The van der Waals surface area contributed by atoms with Crippen molar-refractivity contribution in [2.75, 3.05) is 5.32 Å². The molecule has 148 valence electrons. The maximum atomic E-state index is 12.9. The fraction of sp³-hybridized carbons (Fsp3) is 0.0435. The lowest BCUT2D eigenvalue weighted by Crippen LogP contribution is -2.11. The Bertz CT molecular complexity index is 1440. The minimum atomic E-state index is -0.245. The average molecular weight is 453 g/mol. The van der Waals surface area contributed by atoms with Crippen LogP contribution >= 0.6 is 34.5 Å². The number of aromatic nitrogens is 1. The molecular weight excluding hydrogens is 439 g/mol. The van der Waals surface area contributed by atoms with Gasteiger partial charge in [0.25, 0.3) is 5.91 Å². The molecule has 0 aliphatic rings. The van der Waals surface area contributed by atoms with Crippen molar-refractivity contribution in [2.24, 2.45) is 0 Å². The van der Waals surface area contributed by atoms with E-state index in [9.17, 15) is 4.79 Å². The summed E-state index contributed by atoms with van der Waals surface area (Å²) in [6.45, 7) is 1.93. The summed E-state index contributed by atoms with van der Waals surface area (Å²) in [5.41, 5.74) is 3.68. The van der Waals surface area contributed by atoms with E-state index in [1.807, 2.05) is 49.4 Å². The molecular formula is C23H14Cl2N2O2S. The lowest BCUT2D eigenvalue weighted by molar-refractivity contribution is 0.103. The average Bonchev–Trinajstić information content (AvgIpc) is 3.31. The summed E-state index contributed by atoms with van der Waals surface area (Å²) in [6.07, 6.45) is 0. The van der Waals surface area contributed by atoms with Crippen LogP contribution in [0.2, 0.25) is 10.0 Å². The molecule has 1 amide bonds. The molecule has 0 saturated heterocycles. The van der Waals surface area contributed by atoms with Crippen molar-refractivity contribution < 1.29 is 9.21 Å². The van der Waals surface area contributed by atoms with Crippen molar-refractivity contribution in [2.45, 2.75) is 6.92 Å².